The summed E-state index contributed by atoms with van der Waals surface area (Å²) in [6, 6.07) is 0. The Morgan fingerprint density at radius 3 is 2.38 bits per heavy atom. The van der Waals surface area contributed by atoms with E-state index in [9.17, 15) is 9.59 Å². The van der Waals surface area contributed by atoms with Crippen LogP contribution in [-0.4, -0.2) is 43.0 Å². The number of carbonyl (C=O) groups is 2. The van der Waals surface area contributed by atoms with Crippen molar-refractivity contribution < 1.29 is 14.3 Å². The summed E-state index contributed by atoms with van der Waals surface area (Å²) in [5.74, 6) is -0.0725. The van der Waals surface area contributed by atoms with Gasteiger partial charge in [0, 0.05) is 6.54 Å². The molecule has 2 rings (SSSR count). The first-order chi connectivity index (χ1) is 7.75. The Morgan fingerprint density at radius 2 is 1.81 bits per heavy atom. The monoisotopic (exact) mass is 226 g/mol. The van der Waals surface area contributed by atoms with Gasteiger partial charge in [-0.2, -0.15) is 0 Å². The van der Waals surface area contributed by atoms with Gasteiger partial charge in [-0.1, -0.05) is 6.42 Å². The van der Waals surface area contributed by atoms with Crippen LogP contribution in [-0.2, 0) is 14.3 Å². The van der Waals surface area contributed by atoms with Crippen LogP contribution in [0.4, 0.5) is 0 Å². The first kappa shape index (κ1) is 11.5. The third-order valence-corrected chi connectivity index (χ3v) is 3.40. The minimum atomic E-state index is -0.0398. The van der Waals surface area contributed by atoms with Gasteiger partial charge >= 0.3 is 0 Å². The Hall–Kier alpha value is -0.940. The van der Waals surface area contributed by atoms with E-state index in [1.807, 2.05) is 0 Å². The SMILES string of the molecule is NCCOCCN1C(=O)C2CCCC2C1=O. The van der Waals surface area contributed by atoms with Crippen molar-refractivity contribution >= 4 is 11.8 Å². The van der Waals surface area contributed by atoms with E-state index >= 15 is 0 Å². The maximum Gasteiger partial charge on any atom is 0.233 e. The van der Waals surface area contributed by atoms with Crippen LogP contribution in [0.25, 0.3) is 0 Å². The molecule has 0 spiro atoms. The second kappa shape index (κ2) is 4.93. The molecule has 2 N–H and O–H groups in total. The summed E-state index contributed by atoms with van der Waals surface area (Å²) in [5, 5.41) is 0. The van der Waals surface area contributed by atoms with Crippen molar-refractivity contribution in [2.75, 3.05) is 26.3 Å². The van der Waals surface area contributed by atoms with E-state index in [1.54, 1.807) is 0 Å². The fraction of sp³-hybridized carbons (Fsp3) is 0.818. The molecule has 2 amide bonds. The van der Waals surface area contributed by atoms with Crippen molar-refractivity contribution in [3.8, 4) is 0 Å². The average molecular weight is 226 g/mol. The van der Waals surface area contributed by atoms with E-state index < -0.39 is 0 Å². The number of nitrogens with zero attached hydrogens (tertiary/aromatic N) is 1. The molecule has 1 saturated carbocycles. The molecule has 0 aromatic heterocycles. The lowest BCUT2D eigenvalue weighted by molar-refractivity contribution is -0.141. The summed E-state index contributed by atoms with van der Waals surface area (Å²) in [6.45, 7) is 1.72. The number of nitrogens with two attached hydrogens (primary N) is 1. The highest BCUT2D eigenvalue weighted by atomic mass is 16.5. The number of likely N-dealkylation sites (tertiary alicyclic amines) is 1. The van der Waals surface area contributed by atoms with Gasteiger partial charge in [0.05, 0.1) is 31.6 Å². The third-order valence-electron chi connectivity index (χ3n) is 3.40. The molecule has 1 aliphatic heterocycles. The van der Waals surface area contributed by atoms with Crippen LogP contribution in [0.15, 0.2) is 0 Å². The maximum atomic E-state index is 11.9. The van der Waals surface area contributed by atoms with Crippen molar-refractivity contribution in [3.05, 3.63) is 0 Å². The highest BCUT2D eigenvalue weighted by Gasteiger charge is 2.49. The van der Waals surface area contributed by atoms with Crippen LogP contribution < -0.4 is 5.73 Å². The molecular formula is C11H18N2O3. The van der Waals surface area contributed by atoms with Crippen LogP contribution >= 0.6 is 0 Å². The van der Waals surface area contributed by atoms with E-state index in [-0.39, 0.29) is 23.7 Å². The molecule has 1 saturated heterocycles. The lowest BCUT2D eigenvalue weighted by atomic mass is 10.00. The fourth-order valence-corrected chi connectivity index (χ4v) is 2.62. The van der Waals surface area contributed by atoms with Crippen molar-refractivity contribution in [2.24, 2.45) is 17.6 Å². The molecule has 2 aliphatic rings. The molecule has 2 fully saturated rings. The average Bonchev–Trinajstić information content (AvgIpc) is 2.83. The molecule has 0 aromatic carbocycles. The van der Waals surface area contributed by atoms with Crippen LogP contribution in [0, 0.1) is 11.8 Å². The number of hydrogen-bond acceptors (Lipinski definition) is 4. The minimum Gasteiger partial charge on any atom is -0.378 e. The number of fused-ring (bicyclic) bond motifs is 1. The predicted molar refractivity (Wildman–Crippen MR) is 57.4 cm³/mol. The number of carbonyl (C=O) groups excluding carboxylic acids is 2. The molecule has 5 nitrogen and oxygen atoms in total. The van der Waals surface area contributed by atoms with E-state index in [4.69, 9.17) is 10.5 Å². The Labute approximate surface area is 94.9 Å². The lowest BCUT2D eigenvalue weighted by Crippen LogP contribution is -2.35. The molecule has 2 unspecified atom stereocenters. The quantitative estimate of drug-likeness (QED) is 0.518. The zero-order valence-electron chi connectivity index (χ0n) is 9.35. The third kappa shape index (κ3) is 1.97. The highest BCUT2D eigenvalue weighted by molar-refractivity contribution is 6.05. The summed E-state index contributed by atoms with van der Waals surface area (Å²) in [5.41, 5.74) is 5.28. The van der Waals surface area contributed by atoms with Gasteiger partial charge in [-0.05, 0) is 12.8 Å². The molecule has 16 heavy (non-hydrogen) atoms. The first-order valence-corrected chi connectivity index (χ1v) is 5.88. The van der Waals surface area contributed by atoms with Crippen molar-refractivity contribution in [1.29, 1.82) is 0 Å². The van der Waals surface area contributed by atoms with Gasteiger partial charge in [0.25, 0.3) is 0 Å². The van der Waals surface area contributed by atoms with E-state index in [1.165, 1.54) is 4.90 Å². The second-order valence-electron chi connectivity index (χ2n) is 4.37. The Kier molecular flexibility index (Phi) is 3.56. The van der Waals surface area contributed by atoms with Gasteiger partial charge in [0.15, 0.2) is 0 Å². The van der Waals surface area contributed by atoms with Gasteiger partial charge in [0.2, 0.25) is 11.8 Å². The largest absolute Gasteiger partial charge is 0.378 e. The number of imide groups is 1. The van der Waals surface area contributed by atoms with Gasteiger partial charge in [0.1, 0.15) is 0 Å². The zero-order chi connectivity index (χ0) is 11.5. The summed E-state index contributed by atoms with van der Waals surface area (Å²) in [4.78, 5) is 25.1. The predicted octanol–water partition coefficient (Wildman–Crippen LogP) is -0.253. The number of ether oxygens (including phenoxy) is 1. The van der Waals surface area contributed by atoms with Crippen molar-refractivity contribution in [3.63, 3.8) is 0 Å². The van der Waals surface area contributed by atoms with E-state index in [2.05, 4.69) is 0 Å². The molecule has 90 valence electrons. The molecular weight excluding hydrogens is 208 g/mol. The van der Waals surface area contributed by atoms with E-state index in [0.29, 0.717) is 26.3 Å². The second-order valence-corrected chi connectivity index (χ2v) is 4.37. The van der Waals surface area contributed by atoms with Crippen LogP contribution in [0.1, 0.15) is 19.3 Å². The van der Waals surface area contributed by atoms with Gasteiger partial charge in [-0.3, -0.25) is 14.5 Å². The number of hydrogen-bond donors (Lipinski definition) is 1. The van der Waals surface area contributed by atoms with Crippen LogP contribution in [0.2, 0.25) is 0 Å². The normalized spacial score (nSPS) is 28.9. The van der Waals surface area contributed by atoms with Gasteiger partial charge < -0.3 is 10.5 Å². The molecule has 0 radical (unpaired) electrons. The standard InChI is InChI=1S/C11H18N2O3/c12-4-6-16-7-5-13-10(14)8-2-1-3-9(8)11(13)15/h8-9H,1-7,12H2. The topological polar surface area (TPSA) is 72.6 Å². The molecule has 5 heteroatoms. The Balaban J connectivity index is 1.86. The summed E-state index contributed by atoms with van der Waals surface area (Å²) < 4.78 is 5.19. The fourth-order valence-electron chi connectivity index (χ4n) is 2.62. The van der Waals surface area contributed by atoms with Crippen LogP contribution in [0.3, 0.4) is 0 Å². The Bertz CT molecular complexity index is 271. The molecule has 1 aliphatic carbocycles. The number of amides is 2. The maximum absolute atomic E-state index is 11.9. The molecule has 0 bridgehead atoms. The van der Waals surface area contributed by atoms with E-state index in [0.717, 1.165) is 19.3 Å². The van der Waals surface area contributed by atoms with Crippen LogP contribution in [0.5, 0.6) is 0 Å². The molecule has 2 atom stereocenters. The number of rotatable bonds is 5. The van der Waals surface area contributed by atoms with Crippen molar-refractivity contribution in [2.45, 2.75) is 19.3 Å². The first-order valence-electron chi connectivity index (χ1n) is 5.88. The summed E-state index contributed by atoms with van der Waals surface area (Å²) in [6.07, 6.45) is 2.75. The Morgan fingerprint density at radius 1 is 1.19 bits per heavy atom. The molecule has 1 heterocycles. The van der Waals surface area contributed by atoms with Crippen molar-refractivity contribution in [1.82, 2.24) is 4.90 Å². The molecule has 0 aromatic rings. The highest BCUT2D eigenvalue weighted by Crippen LogP contribution is 2.39. The van der Waals surface area contributed by atoms with Gasteiger partial charge in [-0.15, -0.1) is 0 Å². The van der Waals surface area contributed by atoms with Gasteiger partial charge in [-0.25, -0.2) is 0 Å². The zero-order valence-corrected chi connectivity index (χ0v) is 9.35. The lowest BCUT2D eigenvalue weighted by Gasteiger charge is -2.15. The smallest absolute Gasteiger partial charge is 0.233 e. The summed E-state index contributed by atoms with van der Waals surface area (Å²) >= 11 is 0. The minimum absolute atomic E-state index is 0.00356. The summed E-state index contributed by atoms with van der Waals surface area (Å²) in [7, 11) is 0.